The third kappa shape index (κ3) is 3.65. The highest BCUT2D eigenvalue weighted by Crippen LogP contribution is 2.05. The Hall–Kier alpha value is -2.79. The van der Waals surface area contributed by atoms with Crippen molar-refractivity contribution >= 4 is 23.0 Å². The van der Waals surface area contributed by atoms with Crippen LogP contribution in [-0.4, -0.2) is 14.9 Å². The van der Waals surface area contributed by atoms with Gasteiger partial charge in [0, 0.05) is 11.9 Å². The molecule has 0 aliphatic heterocycles. The van der Waals surface area contributed by atoms with Crippen molar-refractivity contribution in [3.05, 3.63) is 84.5 Å². The molecule has 0 fully saturated rings. The van der Waals surface area contributed by atoms with Gasteiger partial charge in [0.2, 0.25) is 0 Å². The van der Waals surface area contributed by atoms with E-state index in [0.717, 1.165) is 11.4 Å². The van der Waals surface area contributed by atoms with E-state index in [1.54, 1.807) is 10.9 Å². The Kier molecular flexibility index (Phi) is 4.36. The Labute approximate surface area is 133 Å². The summed E-state index contributed by atoms with van der Waals surface area (Å²) in [4.78, 5) is 4.33. The highest BCUT2D eigenvalue weighted by molar-refractivity contribution is 7.80. The van der Waals surface area contributed by atoms with Crippen LogP contribution in [0.15, 0.2) is 84.1 Å². The van der Waals surface area contributed by atoms with Crippen LogP contribution in [0.2, 0.25) is 0 Å². The molecule has 2 aromatic carbocycles. The number of rotatable bonds is 2. The van der Waals surface area contributed by atoms with Crippen LogP contribution >= 0.6 is 12.2 Å². The van der Waals surface area contributed by atoms with Gasteiger partial charge in [-0.3, -0.25) is 0 Å². The molecule has 0 spiro atoms. The number of thiocarbonyl (C=S) groups is 1. The predicted molar refractivity (Wildman–Crippen MR) is 91.8 cm³/mol. The summed E-state index contributed by atoms with van der Waals surface area (Å²) in [6, 6.07) is 21.5. The minimum absolute atomic E-state index is 0.408. The van der Waals surface area contributed by atoms with Crippen LogP contribution in [0.1, 0.15) is 0 Å². The van der Waals surface area contributed by atoms with E-state index in [4.69, 9.17) is 12.2 Å². The van der Waals surface area contributed by atoms with Crippen molar-refractivity contribution in [2.45, 2.75) is 0 Å². The van der Waals surface area contributed by atoms with Crippen LogP contribution in [0.3, 0.4) is 0 Å². The Bertz CT molecular complexity index is 806. The Morgan fingerprint density at radius 3 is 2.27 bits per heavy atom. The zero-order chi connectivity index (χ0) is 15.2. The zero-order valence-electron chi connectivity index (χ0n) is 11.8. The van der Waals surface area contributed by atoms with Crippen molar-refractivity contribution in [2.75, 3.05) is 5.32 Å². The van der Waals surface area contributed by atoms with Gasteiger partial charge >= 0.3 is 0 Å². The number of benzene rings is 2. The summed E-state index contributed by atoms with van der Waals surface area (Å²) < 4.78 is 1.78. The van der Waals surface area contributed by atoms with Crippen LogP contribution in [0.25, 0.3) is 5.69 Å². The zero-order valence-corrected chi connectivity index (χ0v) is 12.6. The predicted octanol–water partition coefficient (Wildman–Crippen LogP) is 3.17. The molecule has 3 aromatic rings. The summed E-state index contributed by atoms with van der Waals surface area (Å²) in [5, 5.41) is 8.53. The summed E-state index contributed by atoms with van der Waals surface area (Å²) >= 11 is 5.23. The lowest BCUT2D eigenvalue weighted by atomic mass is 10.3. The molecule has 4 nitrogen and oxygen atoms in total. The monoisotopic (exact) mass is 306 g/mol. The average molecular weight is 306 g/mol. The van der Waals surface area contributed by atoms with Crippen molar-refractivity contribution in [3.63, 3.8) is 0 Å². The fraction of sp³-hybridized carbons (Fsp3) is 0. The first kappa shape index (κ1) is 14.2. The molecular formula is C17H14N4S. The van der Waals surface area contributed by atoms with Crippen molar-refractivity contribution in [1.29, 1.82) is 0 Å². The van der Waals surface area contributed by atoms with E-state index in [-0.39, 0.29) is 0 Å². The number of nitrogens with one attached hydrogen (secondary N) is 1. The molecule has 0 saturated heterocycles. The van der Waals surface area contributed by atoms with Crippen LogP contribution in [0, 0.1) is 0 Å². The van der Waals surface area contributed by atoms with E-state index >= 15 is 0 Å². The van der Waals surface area contributed by atoms with Gasteiger partial charge in [-0.15, -0.1) is 0 Å². The summed E-state index contributed by atoms with van der Waals surface area (Å²) in [6.45, 7) is 0. The Morgan fingerprint density at radius 2 is 1.64 bits per heavy atom. The quantitative estimate of drug-likeness (QED) is 0.740. The second-order valence-electron chi connectivity index (χ2n) is 4.57. The lowest BCUT2D eigenvalue weighted by Crippen LogP contribution is -2.14. The SMILES string of the molecule is S=C(/N=c1\ccn(-c2ccccc2)nc1)Nc1ccccc1. The molecule has 1 heterocycles. The number of para-hydroxylation sites is 2. The third-order valence-electron chi connectivity index (χ3n) is 2.98. The van der Waals surface area contributed by atoms with Crippen LogP contribution in [0.4, 0.5) is 5.69 Å². The van der Waals surface area contributed by atoms with Crippen LogP contribution < -0.4 is 10.7 Å². The highest BCUT2D eigenvalue weighted by Gasteiger charge is 1.96. The van der Waals surface area contributed by atoms with Gasteiger partial charge < -0.3 is 5.32 Å². The van der Waals surface area contributed by atoms with E-state index in [1.165, 1.54) is 0 Å². The van der Waals surface area contributed by atoms with E-state index < -0.39 is 0 Å². The van der Waals surface area contributed by atoms with Gasteiger partial charge in [0.05, 0.1) is 17.2 Å². The Balaban J connectivity index is 1.76. The number of anilines is 1. The summed E-state index contributed by atoms with van der Waals surface area (Å²) in [5.41, 5.74) is 1.92. The molecule has 0 radical (unpaired) electrons. The maximum absolute atomic E-state index is 5.23. The fourth-order valence-electron chi connectivity index (χ4n) is 1.94. The molecule has 5 heteroatoms. The molecule has 0 aliphatic carbocycles. The van der Waals surface area contributed by atoms with Gasteiger partial charge in [0.15, 0.2) is 5.11 Å². The molecule has 0 bridgehead atoms. The number of hydrogen-bond acceptors (Lipinski definition) is 2. The van der Waals surface area contributed by atoms with E-state index in [2.05, 4.69) is 15.4 Å². The normalized spacial score (nSPS) is 11.2. The molecular weight excluding hydrogens is 292 g/mol. The van der Waals surface area contributed by atoms with Gasteiger partial charge in [0.1, 0.15) is 0 Å². The summed E-state index contributed by atoms with van der Waals surface area (Å²) in [7, 11) is 0. The van der Waals surface area contributed by atoms with Gasteiger partial charge in [-0.1, -0.05) is 36.4 Å². The second kappa shape index (κ2) is 6.78. The van der Waals surface area contributed by atoms with Crippen molar-refractivity contribution < 1.29 is 0 Å². The molecule has 22 heavy (non-hydrogen) atoms. The average Bonchev–Trinajstić information content (AvgIpc) is 2.57. The Morgan fingerprint density at radius 1 is 0.955 bits per heavy atom. The molecule has 0 atom stereocenters. The molecule has 3 rings (SSSR count). The highest BCUT2D eigenvalue weighted by atomic mass is 32.1. The number of hydrogen-bond donors (Lipinski definition) is 1. The number of aromatic nitrogens is 2. The lowest BCUT2D eigenvalue weighted by molar-refractivity contribution is 0.833. The minimum Gasteiger partial charge on any atom is -0.331 e. The van der Waals surface area contributed by atoms with Crippen molar-refractivity contribution in [1.82, 2.24) is 9.78 Å². The number of nitrogens with zero attached hydrogens (tertiary/aromatic N) is 3. The maximum atomic E-state index is 5.23. The first-order valence-electron chi connectivity index (χ1n) is 6.82. The molecule has 1 N–H and O–H groups in total. The first-order valence-corrected chi connectivity index (χ1v) is 7.23. The van der Waals surface area contributed by atoms with Crippen molar-refractivity contribution in [2.24, 2.45) is 4.99 Å². The molecule has 0 amide bonds. The van der Waals surface area contributed by atoms with Crippen LogP contribution in [0.5, 0.6) is 0 Å². The lowest BCUT2D eigenvalue weighted by Gasteiger charge is -2.04. The minimum atomic E-state index is 0.408. The standard InChI is InChI=1S/C17H14N4S/c22-17(19-14-7-3-1-4-8-14)20-15-11-12-21(18-13-15)16-9-5-2-6-10-16/h1-13H,(H,19,22)/b20-15+. The van der Waals surface area contributed by atoms with Gasteiger partial charge in [-0.25, -0.2) is 9.67 Å². The van der Waals surface area contributed by atoms with Gasteiger partial charge in [-0.2, -0.15) is 5.10 Å². The molecule has 0 aliphatic rings. The van der Waals surface area contributed by atoms with Gasteiger partial charge in [0.25, 0.3) is 0 Å². The topological polar surface area (TPSA) is 42.2 Å². The van der Waals surface area contributed by atoms with E-state index in [0.29, 0.717) is 10.5 Å². The smallest absolute Gasteiger partial charge is 0.197 e. The van der Waals surface area contributed by atoms with E-state index in [1.807, 2.05) is 72.9 Å². The largest absolute Gasteiger partial charge is 0.331 e. The molecule has 0 saturated carbocycles. The first-order chi connectivity index (χ1) is 10.8. The summed E-state index contributed by atoms with van der Waals surface area (Å²) in [5.74, 6) is 0. The molecule has 108 valence electrons. The fourth-order valence-corrected chi connectivity index (χ4v) is 2.16. The third-order valence-corrected chi connectivity index (χ3v) is 3.17. The molecule has 0 unspecified atom stereocenters. The van der Waals surface area contributed by atoms with Crippen molar-refractivity contribution in [3.8, 4) is 5.69 Å². The summed E-state index contributed by atoms with van der Waals surface area (Å²) in [6.07, 6.45) is 3.55. The van der Waals surface area contributed by atoms with Crippen LogP contribution in [-0.2, 0) is 0 Å². The maximum Gasteiger partial charge on any atom is 0.197 e. The van der Waals surface area contributed by atoms with E-state index in [9.17, 15) is 0 Å². The van der Waals surface area contributed by atoms with Gasteiger partial charge in [-0.05, 0) is 42.5 Å². The molecule has 1 aromatic heterocycles. The second-order valence-corrected chi connectivity index (χ2v) is 4.96.